The molecule has 0 radical (unpaired) electrons. The number of halogens is 2. The van der Waals surface area contributed by atoms with E-state index in [-0.39, 0.29) is 16.7 Å². The van der Waals surface area contributed by atoms with Gasteiger partial charge in [-0.25, -0.2) is 9.37 Å². The van der Waals surface area contributed by atoms with Crippen LogP contribution in [-0.2, 0) is 6.42 Å². The molecule has 1 N–H and O–H groups in total. The first-order valence-electron chi connectivity index (χ1n) is 5.85. The molecule has 2 heterocycles. The van der Waals surface area contributed by atoms with Gasteiger partial charge in [0, 0.05) is 18.0 Å². The lowest BCUT2D eigenvalue weighted by Gasteiger charge is -2.16. The molecule has 2 nitrogen and oxygen atoms in total. The molecule has 0 amide bonds. The number of aromatic nitrogens is 2. The largest absolute Gasteiger partial charge is 0.358 e. The van der Waals surface area contributed by atoms with E-state index in [9.17, 15) is 8.78 Å². The summed E-state index contributed by atoms with van der Waals surface area (Å²) in [5.74, 6) is -1.06. The van der Waals surface area contributed by atoms with Gasteiger partial charge in [0.05, 0.1) is 11.3 Å². The number of rotatable bonds is 2. The molecular formula is C14H16F2N2. The van der Waals surface area contributed by atoms with Crippen LogP contribution >= 0.6 is 0 Å². The number of nitrogens with zero attached hydrogens (tertiary/aromatic N) is 1. The standard InChI is InChI=1S/C14H16F2N2/c1-14(2,3)7-9-8-18-12(11(9)15)10-5-4-6-17-13(10)16/h4-6,8,18H,7H2,1-3H3. The molecule has 2 rings (SSSR count). The molecule has 96 valence electrons. The Labute approximate surface area is 105 Å². The minimum atomic E-state index is -0.666. The summed E-state index contributed by atoms with van der Waals surface area (Å²) in [4.78, 5) is 6.33. The van der Waals surface area contributed by atoms with Crippen molar-refractivity contribution in [1.29, 1.82) is 0 Å². The summed E-state index contributed by atoms with van der Waals surface area (Å²) < 4.78 is 27.7. The molecule has 0 unspecified atom stereocenters. The number of pyridine rings is 1. The van der Waals surface area contributed by atoms with E-state index in [0.29, 0.717) is 12.0 Å². The molecule has 0 aliphatic heterocycles. The third-order valence-electron chi connectivity index (χ3n) is 2.64. The van der Waals surface area contributed by atoms with Crippen LogP contribution in [0.2, 0.25) is 0 Å². The van der Waals surface area contributed by atoms with Crippen molar-refractivity contribution in [3.8, 4) is 11.3 Å². The Bertz CT molecular complexity index is 553. The maximum atomic E-state index is 14.2. The number of hydrogen-bond donors (Lipinski definition) is 1. The summed E-state index contributed by atoms with van der Waals surface area (Å²) in [7, 11) is 0. The Morgan fingerprint density at radius 2 is 2.00 bits per heavy atom. The predicted molar refractivity (Wildman–Crippen MR) is 67.1 cm³/mol. The van der Waals surface area contributed by atoms with Crippen molar-refractivity contribution in [1.82, 2.24) is 9.97 Å². The van der Waals surface area contributed by atoms with Gasteiger partial charge in [-0.05, 0) is 24.0 Å². The number of aromatic amines is 1. The van der Waals surface area contributed by atoms with Gasteiger partial charge in [0.2, 0.25) is 5.95 Å². The second-order valence-electron chi connectivity index (χ2n) is 5.58. The van der Waals surface area contributed by atoms with E-state index in [1.807, 2.05) is 20.8 Å². The number of H-pyrrole nitrogens is 1. The Kier molecular flexibility index (Phi) is 3.20. The molecule has 2 aromatic rings. The van der Waals surface area contributed by atoms with E-state index in [2.05, 4.69) is 9.97 Å². The number of hydrogen-bond acceptors (Lipinski definition) is 1. The van der Waals surface area contributed by atoms with E-state index in [1.54, 1.807) is 12.3 Å². The van der Waals surface area contributed by atoms with Crippen LogP contribution < -0.4 is 0 Å². The SMILES string of the molecule is CC(C)(C)Cc1c[nH]c(-c2cccnc2F)c1F. The van der Waals surface area contributed by atoms with Gasteiger partial charge >= 0.3 is 0 Å². The van der Waals surface area contributed by atoms with Gasteiger partial charge in [-0.15, -0.1) is 0 Å². The molecule has 0 fully saturated rings. The Morgan fingerprint density at radius 3 is 2.61 bits per heavy atom. The number of nitrogens with one attached hydrogen (secondary N) is 1. The summed E-state index contributed by atoms with van der Waals surface area (Å²) >= 11 is 0. The molecule has 4 heteroatoms. The fourth-order valence-electron chi connectivity index (χ4n) is 1.92. The Hall–Kier alpha value is -1.71. The Morgan fingerprint density at radius 1 is 1.28 bits per heavy atom. The lowest BCUT2D eigenvalue weighted by atomic mass is 9.89. The average Bonchev–Trinajstić information content (AvgIpc) is 2.59. The molecule has 0 aliphatic carbocycles. The van der Waals surface area contributed by atoms with Crippen LogP contribution in [-0.4, -0.2) is 9.97 Å². The minimum absolute atomic E-state index is 0.0201. The summed E-state index contributed by atoms with van der Waals surface area (Å²) in [5, 5.41) is 0. The third-order valence-corrected chi connectivity index (χ3v) is 2.64. The van der Waals surface area contributed by atoms with E-state index in [1.165, 1.54) is 12.3 Å². The van der Waals surface area contributed by atoms with Crippen molar-refractivity contribution < 1.29 is 8.78 Å². The molecule has 0 saturated heterocycles. The summed E-state index contributed by atoms with van der Waals surface area (Å²) in [6.45, 7) is 6.09. The van der Waals surface area contributed by atoms with Gasteiger partial charge in [-0.2, -0.15) is 4.39 Å². The van der Waals surface area contributed by atoms with Crippen LogP contribution in [0.5, 0.6) is 0 Å². The predicted octanol–water partition coefficient (Wildman–Crippen LogP) is 3.94. The second kappa shape index (κ2) is 4.52. The van der Waals surface area contributed by atoms with Crippen molar-refractivity contribution in [2.24, 2.45) is 5.41 Å². The first kappa shape index (κ1) is 12.7. The highest BCUT2D eigenvalue weighted by Gasteiger charge is 2.20. The van der Waals surface area contributed by atoms with Crippen LogP contribution in [0.4, 0.5) is 8.78 Å². The third kappa shape index (κ3) is 2.58. The minimum Gasteiger partial charge on any atom is -0.358 e. The zero-order valence-electron chi connectivity index (χ0n) is 10.7. The first-order valence-corrected chi connectivity index (χ1v) is 5.85. The summed E-state index contributed by atoms with van der Waals surface area (Å²) in [5.41, 5.74) is 0.879. The molecule has 0 bridgehead atoms. The highest BCUT2D eigenvalue weighted by molar-refractivity contribution is 5.60. The summed E-state index contributed by atoms with van der Waals surface area (Å²) in [6.07, 6.45) is 3.54. The second-order valence-corrected chi connectivity index (χ2v) is 5.58. The fourth-order valence-corrected chi connectivity index (χ4v) is 1.92. The van der Waals surface area contributed by atoms with E-state index >= 15 is 0 Å². The van der Waals surface area contributed by atoms with Crippen LogP contribution in [0.15, 0.2) is 24.5 Å². The molecule has 18 heavy (non-hydrogen) atoms. The van der Waals surface area contributed by atoms with Crippen molar-refractivity contribution >= 4 is 0 Å². The van der Waals surface area contributed by atoms with Gasteiger partial charge in [-0.1, -0.05) is 20.8 Å². The van der Waals surface area contributed by atoms with Gasteiger partial charge in [0.25, 0.3) is 0 Å². The van der Waals surface area contributed by atoms with Gasteiger partial charge in [-0.3, -0.25) is 0 Å². The van der Waals surface area contributed by atoms with Crippen LogP contribution in [0, 0.1) is 17.2 Å². The average molecular weight is 250 g/mol. The van der Waals surface area contributed by atoms with Gasteiger partial charge in [0.15, 0.2) is 5.82 Å². The maximum absolute atomic E-state index is 14.2. The summed E-state index contributed by atoms with van der Waals surface area (Å²) in [6, 6.07) is 3.10. The van der Waals surface area contributed by atoms with E-state index in [4.69, 9.17) is 0 Å². The van der Waals surface area contributed by atoms with E-state index in [0.717, 1.165) is 0 Å². The van der Waals surface area contributed by atoms with Crippen LogP contribution in [0.1, 0.15) is 26.3 Å². The molecular weight excluding hydrogens is 234 g/mol. The molecule has 0 saturated carbocycles. The molecule has 0 spiro atoms. The fraction of sp³-hybridized carbons (Fsp3) is 0.357. The van der Waals surface area contributed by atoms with Crippen molar-refractivity contribution in [2.45, 2.75) is 27.2 Å². The molecule has 0 aromatic carbocycles. The quantitative estimate of drug-likeness (QED) is 0.803. The van der Waals surface area contributed by atoms with E-state index < -0.39 is 11.8 Å². The van der Waals surface area contributed by atoms with Gasteiger partial charge in [0.1, 0.15) is 0 Å². The topological polar surface area (TPSA) is 28.7 Å². The molecule has 0 atom stereocenters. The zero-order chi connectivity index (χ0) is 13.3. The van der Waals surface area contributed by atoms with Crippen molar-refractivity contribution in [3.63, 3.8) is 0 Å². The molecule has 2 aromatic heterocycles. The lowest BCUT2D eigenvalue weighted by Crippen LogP contribution is -2.09. The maximum Gasteiger partial charge on any atom is 0.222 e. The first-order chi connectivity index (χ1) is 8.38. The zero-order valence-corrected chi connectivity index (χ0v) is 10.7. The van der Waals surface area contributed by atoms with Crippen LogP contribution in [0.3, 0.4) is 0 Å². The van der Waals surface area contributed by atoms with Gasteiger partial charge < -0.3 is 4.98 Å². The highest BCUT2D eigenvalue weighted by Crippen LogP contribution is 2.29. The monoisotopic (exact) mass is 250 g/mol. The lowest BCUT2D eigenvalue weighted by molar-refractivity contribution is 0.403. The smallest absolute Gasteiger partial charge is 0.222 e. The van der Waals surface area contributed by atoms with Crippen LogP contribution in [0.25, 0.3) is 11.3 Å². The highest BCUT2D eigenvalue weighted by atomic mass is 19.1. The van der Waals surface area contributed by atoms with Crippen molar-refractivity contribution in [3.05, 3.63) is 41.9 Å². The molecule has 0 aliphatic rings. The van der Waals surface area contributed by atoms with Crippen molar-refractivity contribution in [2.75, 3.05) is 0 Å². The normalized spacial score (nSPS) is 11.8. The Balaban J connectivity index is 2.40.